The maximum atomic E-state index is 13.6. The maximum absolute atomic E-state index is 13.6. The fourth-order valence-corrected chi connectivity index (χ4v) is 4.16. The van der Waals surface area contributed by atoms with Crippen LogP contribution in [0.1, 0.15) is 27.2 Å². The minimum Gasteiger partial charge on any atom is -0.357 e. The summed E-state index contributed by atoms with van der Waals surface area (Å²) < 4.78 is 16.8. The summed E-state index contributed by atoms with van der Waals surface area (Å²) in [6, 6.07) is 10.1. The molecule has 38 heavy (non-hydrogen) atoms. The van der Waals surface area contributed by atoms with Crippen LogP contribution in [0.5, 0.6) is 0 Å². The van der Waals surface area contributed by atoms with Gasteiger partial charge in [-0.25, -0.2) is 19.3 Å². The lowest BCUT2D eigenvalue weighted by molar-refractivity contribution is 0.102. The lowest BCUT2D eigenvalue weighted by Crippen LogP contribution is -2.22. The van der Waals surface area contributed by atoms with Crippen LogP contribution >= 0.6 is 0 Å². The van der Waals surface area contributed by atoms with E-state index in [1.54, 1.807) is 67.7 Å². The number of benzene rings is 2. The van der Waals surface area contributed by atoms with Gasteiger partial charge in [-0.05, 0) is 55.3 Å². The Bertz CT molecular complexity index is 1760. The molecule has 0 atom stereocenters. The molecule has 5 aromatic rings. The second kappa shape index (κ2) is 9.85. The summed E-state index contributed by atoms with van der Waals surface area (Å²) in [6.07, 6.45) is 4.96. The minimum absolute atomic E-state index is 0.214. The molecule has 0 spiro atoms. The van der Waals surface area contributed by atoms with Crippen molar-refractivity contribution < 1.29 is 9.18 Å². The van der Waals surface area contributed by atoms with Gasteiger partial charge in [-0.1, -0.05) is 6.07 Å². The van der Waals surface area contributed by atoms with Gasteiger partial charge in [0.05, 0.1) is 18.2 Å². The van der Waals surface area contributed by atoms with Crippen LogP contribution in [0, 0.1) is 13.8 Å². The number of alkyl halides is 1. The lowest BCUT2D eigenvalue weighted by Gasteiger charge is -2.13. The molecule has 5 rings (SSSR count). The molecule has 0 aliphatic carbocycles. The minimum atomic E-state index is -0.715. The third-order valence-corrected chi connectivity index (χ3v) is 6.19. The van der Waals surface area contributed by atoms with Gasteiger partial charge in [0, 0.05) is 42.8 Å². The molecule has 2 aromatic carbocycles. The van der Waals surface area contributed by atoms with E-state index in [4.69, 9.17) is 0 Å². The highest BCUT2D eigenvalue weighted by Crippen LogP contribution is 2.25. The van der Waals surface area contributed by atoms with Gasteiger partial charge in [0.1, 0.15) is 17.9 Å². The van der Waals surface area contributed by atoms with E-state index in [0.717, 1.165) is 11.3 Å². The van der Waals surface area contributed by atoms with E-state index in [2.05, 4.69) is 30.6 Å². The number of hydrogen-bond donors (Lipinski definition) is 2. The van der Waals surface area contributed by atoms with Crippen LogP contribution in [0.25, 0.3) is 28.1 Å². The number of hydrogen-bond acceptors (Lipinski definition) is 7. The number of anilines is 2. The van der Waals surface area contributed by atoms with Crippen LogP contribution in [0.2, 0.25) is 0 Å². The average Bonchev–Trinajstić information content (AvgIpc) is 3.37. The highest BCUT2D eigenvalue weighted by Gasteiger charge is 2.17. The Labute approximate surface area is 217 Å². The zero-order valence-corrected chi connectivity index (χ0v) is 21.3. The summed E-state index contributed by atoms with van der Waals surface area (Å²) in [4.78, 5) is 43.7. The van der Waals surface area contributed by atoms with E-state index in [1.807, 2.05) is 13.8 Å². The number of nitrogens with one attached hydrogen (secondary N) is 2. The van der Waals surface area contributed by atoms with Gasteiger partial charge in [-0.15, -0.1) is 0 Å². The summed E-state index contributed by atoms with van der Waals surface area (Å²) in [7, 11) is 3.32. The number of aromatic nitrogens is 6. The fourth-order valence-electron chi connectivity index (χ4n) is 4.16. The molecule has 0 bridgehead atoms. The van der Waals surface area contributed by atoms with Gasteiger partial charge >= 0.3 is 0 Å². The molecule has 10 nitrogen and oxygen atoms in total. The van der Waals surface area contributed by atoms with Crippen molar-refractivity contribution in [3.63, 3.8) is 0 Å². The first kappa shape index (κ1) is 24.8. The Morgan fingerprint density at radius 2 is 1.89 bits per heavy atom. The molecule has 2 N–H and O–H groups in total. The smallest absolute Gasteiger partial charge is 0.278 e. The average molecular weight is 513 g/mol. The van der Waals surface area contributed by atoms with Gasteiger partial charge in [0.25, 0.3) is 11.5 Å². The van der Waals surface area contributed by atoms with Crippen LogP contribution in [0.15, 0.2) is 59.9 Å². The number of carbonyl (C=O) groups is 1. The van der Waals surface area contributed by atoms with E-state index in [-0.39, 0.29) is 11.3 Å². The van der Waals surface area contributed by atoms with Crippen molar-refractivity contribution >= 4 is 28.7 Å². The Morgan fingerprint density at radius 3 is 2.61 bits per heavy atom. The summed E-state index contributed by atoms with van der Waals surface area (Å²) in [5, 5.41) is 5.71. The SMILES string of the molecule is CNc1ncc2nc(-c3cc(NC(=O)c4cc(CF)cc(-n5cnc(C)c5)c4)ccc3C)c(=O)n(C)c2n1. The molecule has 0 radical (unpaired) electrons. The summed E-state index contributed by atoms with van der Waals surface area (Å²) in [6.45, 7) is 2.99. The highest BCUT2D eigenvalue weighted by molar-refractivity contribution is 6.05. The molecule has 0 unspecified atom stereocenters. The monoisotopic (exact) mass is 512 g/mol. The largest absolute Gasteiger partial charge is 0.357 e. The number of imidazole rings is 1. The van der Waals surface area contributed by atoms with Crippen molar-refractivity contribution in [2.45, 2.75) is 20.5 Å². The molecule has 3 heterocycles. The molecule has 0 fully saturated rings. The van der Waals surface area contributed by atoms with E-state index in [0.29, 0.717) is 45.2 Å². The molecule has 11 heteroatoms. The number of carbonyl (C=O) groups excluding carboxylic acids is 1. The molecule has 3 aromatic heterocycles. The number of aryl methyl sites for hydroxylation is 3. The first-order valence-corrected chi connectivity index (χ1v) is 11.8. The number of nitrogens with zero attached hydrogens (tertiary/aromatic N) is 6. The van der Waals surface area contributed by atoms with Crippen molar-refractivity contribution in [3.05, 3.63) is 87.9 Å². The summed E-state index contributed by atoms with van der Waals surface area (Å²) in [5.41, 5.74) is 4.67. The predicted octanol–water partition coefficient (Wildman–Crippen LogP) is 3.96. The van der Waals surface area contributed by atoms with Crippen molar-refractivity contribution in [1.29, 1.82) is 0 Å². The summed E-state index contributed by atoms with van der Waals surface area (Å²) >= 11 is 0. The fraction of sp³-hybridized carbons (Fsp3) is 0.185. The number of fused-ring (bicyclic) bond motifs is 1. The zero-order chi connectivity index (χ0) is 27.0. The summed E-state index contributed by atoms with van der Waals surface area (Å²) in [5.74, 6) is -0.0355. The van der Waals surface area contributed by atoms with E-state index in [9.17, 15) is 14.0 Å². The van der Waals surface area contributed by atoms with Crippen molar-refractivity contribution in [2.75, 3.05) is 17.7 Å². The number of amides is 1. The van der Waals surface area contributed by atoms with E-state index < -0.39 is 12.6 Å². The van der Waals surface area contributed by atoms with Gasteiger partial charge in [0.2, 0.25) is 5.95 Å². The lowest BCUT2D eigenvalue weighted by atomic mass is 10.0. The Morgan fingerprint density at radius 1 is 1.08 bits per heavy atom. The highest BCUT2D eigenvalue weighted by atomic mass is 19.1. The molecule has 1 amide bonds. The van der Waals surface area contributed by atoms with Gasteiger partial charge in [-0.3, -0.25) is 14.2 Å². The molecule has 0 aliphatic rings. The number of halogens is 1. The predicted molar refractivity (Wildman–Crippen MR) is 143 cm³/mol. The maximum Gasteiger partial charge on any atom is 0.278 e. The Balaban J connectivity index is 1.51. The Kier molecular flexibility index (Phi) is 6.41. The third-order valence-electron chi connectivity index (χ3n) is 6.19. The van der Waals surface area contributed by atoms with Crippen LogP contribution in [-0.2, 0) is 13.7 Å². The normalized spacial score (nSPS) is 11.1. The molecule has 0 saturated carbocycles. The van der Waals surface area contributed by atoms with Crippen LogP contribution in [-0.4, -0.2) is 42.0 Å². The molecular formula is C27H25FN8O2. The van der Waals surface area contributed by atoms with Gasteiger partial charge in [0.15, 0.2) is 5.65 Å². The quantitative estimate of drug-likeness (QED) is 0.353. The zero-order valence-electron chi connectivity index (χ0n) is 21.3. The van der Waals surface area contributed by atoms with Crippen molar-refractivity contribution in [3.8, 4) is 16.9 Å². The molecular weight excluding hydrogens is 487 g/mol. The molecule has 0 saturated heterocycles. The van der Waals surface area contributed by atoms with Gasteiger partial charge < -0.3 is 15.2 Å². The van der Waals surface area contributed by atoms with E-state index >= 15 is 0 Å². The standard InChI is InChI=1S/C27H25FN8O2/c1-15-5-6-19(10-21(15)23-26(38)35(4)24-22(33-23)12-30-27(29-3)34-24)32-25(37)18-7-17(11-28)8-20(9-18)36-13-16(2)31-14-36/h5-10,12-14H,11H2,1-4H3,(H,32,37)(H,29,30,34). The Hall–Kier alpha value is -4.93. The van der Waals surface area contributed by atoms with Crippen molar-refractivity contribution in [2.24, 2.45) is 7.05 Å². The van der Waals surface area contributed by atoms with Crippen LogP contribution in [0.3, 0.4) is 0 Å². The first-order chi connectivity index (χ1) is 18.3. The van der Waals surface area contributed by atoms with Crippen molar-refractivity contribution in [1.82, 2.24) is 29.1 Å². The van der Waals surface area contributed by atoms with Gasteiger partial charge in [-0.2, -0.15) is 4.98 Å². The second-order valence-electron chi connectivity index (χ2n) is 8.90. The topological polar surface area (TPSA) is 120 Å². The molecule has 0 aliphatic heterocycles. The van der Waals surface area contributed by atoms with Crippen LogP contribution < -0.4 is 16.2 Å². The number of rotatable bonds is 6. The first-order valence-electron chi connectivity index (χ1n) is 11.8. The third kappa shape index (κ3) is 4.61. The molecule has 192 valence electrons. The van der Waals surface area contributed by atoms with Crippen LogP contribution in [0.4, 0.5) is 16.0 Å². The van der Waals surface area contributed by atoms with E-state index in [1.165, 1.54) is 10.6 Å². The second-order valence-corrected chi connectivity index (χ2v) is 8.90.